The second kappa shape index (κ2) is 2.12. The Balaban J connectivity index is 2.58. The molecule has 0 bridgehead atoms. The molecule has 6 nitrogen and oxygen atoms in total. The second-order valence-electron chi connectivity index (χ2n) is 1.23. The summed E-state index contributed by atoms with van der Waals surface area (Å²) in [5, 5.41) is 8.70. The molecule has 0 aliphatic carbocycles. The molecule has 0 spiro atoms. The van der Waals surface area contributed by atoms with E-state index in [1.165, 1.54) is 0 Å². The molecule has 1 heterocycles. The molecule has 0 aliphatic heterocycles. The maximum atomic E-state index is 10.0. The molecule has 6 heteroatoms. The van der Waals surface area contributed by atoms with E-state index in [1.54, 1.807) is 0 Å². The first-order chi connectivity index (χ1) is 4.29. The third-order valence-electron chi connectivity index (χ3n) is 0.590. The van der Waals surface area contributed by atoms with E-state index in [4.69, 9.17) is 5.73 Å². The second-order valence-corrected chi connectivity index (χ2v) is 1.23. The minimum atomic E-state index is -0.723. The van der Waals surface area contributed by atoms with Gasteiger partial charge in [-0.1, -0.05) is 5.10 Å². The average Bonchev–Trinajstić information content (AvgIpc) is 2.15. The lowest BCUT2D eigenvalue weighted by Gasteiger charge is -1.88. The molecule has 0 radical (unpaired) electrons. The first-order valence-electron chi connectivity index (χ1n) is 2.11. The van der Waals surface area contributed by atoms with Gasteiger partial charge in [-0.25, -0.2) is 4.79 Å². The molecule has 0 aliphatic rings. The Morgan fingerprint density at radius 1 is 1.89 bits per heavy atom. The summed E-state index contributed by atoms with van der Waals surface area (Å²) < 4.78 is 4.51. The fourth-order valence-corrected chi connectivity index (χ4v) is 0.333. The van der Waals surface area contributed by atoms with Crippen LogP contribution < -0.4 is 11.1 Å². The zero-order chi connectivity index (χ0) is 6.69. The number of anilines is 1. The number of carbonyl (C=O) groups is 1. The summed E-state index contributed by atoms with van der Waals surface area (Å²) >= 11 is 0. The van der Waals surface area contributed by atoms with Gasteiger partial charge >= 0.3 is 12.0 Å². The van der Waals surface area contributed by atoms with Crippen LogP contribution >= 0.6 is 0 Å². The van der Waals surface area contributed by atoms with Crippen LogP contribution in [0.3, 0.4) is 0 Å². The number of amides is 2. The number of carbonyl (C=O) groups excluding carboxylic acids is 1. The molecule has 0 saturated heterocycles. The van der Waals surface area contributed by atoms with Crippen molar-refractivity contribution in [2.24, 2.45) is 5.73 Å². The van der Waals surface area contributed by atoms with Crippen molar-refractivity contribution in [3.8, 4) is 0 Å². The van der Waals surface area contributed by atoms with E-state index in [-0.39, 0.29) is 6.01 Å². The minimum Gasteiger partial charge on any atom is -0.411 e. The van der Waals surface area contributed by atoms with Crippen LogP contribution in [0.15, 0.2) is 10.8 Å². The van der Waals surface area contributed by atoms with Crippen molar-refractivity contribution in [1.29, 1.82) is 0 Å². The van der Waals surface area contributed by atoms with E-state index in [2.05, 4.69) is 19.9 Å². The lowest BCUT2D eigenvalue weighted by atomic mass is 11.0. The molecule has 48 valence electrons. The maximum Gasteiger partial charge on any atom is 0.323 e. The van der Waals surface area contributed by atoms with Crippen molar-refractivity contribution in [2.45, 2.75) is 0 Å². The predicted molar refractivity (Wildman–Crippen MR) is 27.5 cm³/mol. The highest BCUT2D eigenvalue weighted by atomic mass is 16.4. The molecule has 1 aromatic rings. The van der Waals surface area contributed by atoms with Gasteiger partial charge in [0.05, 0.1) is 0 Å². The Morgan fingerprint density at radius 3 is 3.11 bits per heavy atom. The van der Waals surface area contributed by atoms with E-state index in [0.29, 0.717) is 0 Å². The van der Waals surface area contributed by atoms with E-state index in [9.17, 15) is 4.79 Å². The van der Waals surface area contributed by atoms with Crippen LogP contribution in [-0.2, 0) is 0 Å². The van der Waals surface area contributed by atoms with Crippen LogP contribution in [0.5, 0.6) is 0 Å². The first kappa shape index (κ1) is 5.54. The number of aromatic nitrogens is 2. The highest BCUT2D eigenvalue weighted by molar-refractivity contribution is 5.85. The highest BCUT2D eigenvalue weighted by Gasteiger charge is 1.97. The Kier molecular flexibility index (Phi) is 1.31. The number of rotatable bonds is 1. The number of hydrogen-bond donors (Lipinski definition) is 2. The molecule has 0 atom stereocenters. The Hall–Kier alpha value is -1.59. The van der Waals surface area contributed by atoms with E-state index in [0.717, 1.165) is 6.39 Å². The number of primary amides is 1. The zero-order valence-corrected chi connectivity index (χ0v) is 4.37. The largest absolute Gasteiger partial charge is 0.411 e. The Bertz CT molecular complexity index is 194. The smallest absolute Gasteiger partial charge is 0.323 e. The number of hydrogen-bond acceptors (Lipinski definition) is 4. The van der Waals surface area contributed by atoms with Gasteiger partial charge in [0.25, 0.3) is 0 Å². The Labute approximate surface area is 50.0 Å². The van der Waals surface area contributed by atoms with Crippen LogP contribution in [0.4, 0.5) is 10.8 Å². The first-order valence-corrected chi connectivity index (χ1v) is 2.11. The fourth-order valence-electron chi connectivity index (χ4n) is 0.333. The number of nitrogens with one attached hydrogen (secondary N) is 1. The van der Waals surface area contributed by atoms with Crippen molar-refractivity contribution >= 4 is 12.0 Å². The molecule has 2 amide bonds. The van der Waals surface area contributed by atoms with Crippen LogP contribution in [0.25, 0.3) is 0 Å². The maximum absolute atomic E-state index is 10.0. The van der Waals surface area contributed by atoms with Crippen molar-refractivity contribution in [2.75, 3.05) is 5.32 Å². The van der Waals surface area contributed by atoms with Gasteiger partial charge in [-0.15, -0.1) is 5.10 Å². The van der Waals surface area contributed by atoms with Crippen LogP contribution in [0, 0.1) is 0 Å². The highest BCUT2D eigenvalue weighted by Crippen LogP contribution is 1.95. The van der Waals surface area contributed by atoms with Gasteiger partial charge in [0.1, 0.15) is 0 Å². The summed E-state index contributed by atoms with van der Waals surface area (Å²) in [6.45, 7) is 0. The molecule has 0 aromatic carbocycles. The number of urea groups is 1. The van der Waals surface area contributed by atoms with Crippen molar-refractivity contribution in [3.63, 3.8) is 0 Å². The quantitative estimate of drug-likeness (QED) is 0.536. The zero-order valence-electron chi connectivity index (χ0n) is 4.37. The lowest BCUT2D eigenvalue weighted by molar-refractivity contribution is 0.258. The molecular weight excluding hydrogens is 124 g/mol. The topological polar surface area (TPSA) is 94.0 Å². The fraction of sp³-hybridized carbons (Fsp3) is 0. The third kappa shape index (κ3) is 1.41. The van der Waals surface area contributed by atoms with E-state index < -0.39 is 6.03 Å². The Morgan fingerprint density at radius 2 is 2.67 bits per heavy atom. The van der Waals surface area contributed by atoms with Gasteiger partial charge in [0, 0.05) is 0 Å². The van der Waals surface area contributed by atoms with Crippen molar-refractivity contribution in [3.05, 3.63) is 6.39 Å². The lowest BCUT2D eigenvalue weighted by Crippen LogP contribution is -2.19. The van der Waals surface area contributed by atoms with Crippen LogP contribution in [0.1, 0.15) is 0 Å². The summed E-state index contributed by atoms with van der Waals surface area (Å²) in [5.41, 5.74) is 4.71. The van der Waals surface area contributed by atoms with Gasteiger partial charge in [-0.05, 0) is 0 Å². The van der Waals surface area contributed by atoms with Crippen LogP contribution in [-0.4, -0.2) is 16.2 Å². The van der Waals surface area contributed by atoms with Gasteiger partial charge in [-0.3, -0.25) is 5.32 Å². The van der Waals surface area contributed by atoms with Gasteiger partial charge < -0.3 is 10.2 Å². The van der Waals surface area contributed by atoms with E-state index >= 15 is 0 Å². The van der Waals surface area contributed by atoms with Gasteiger partial charge in [0.15, 0.2) is 0 Å². The molecule has 0 fully saturated rings. The SMILES string of the molecule is NC(=O)Nc1nnco1. The molecule has 0 unspecified atom stereocenters. The monoisotopic (exact) mass is 128 g/mol. The van der Waals surface area contributed by atoms with Crippen molar-refractivity contribution in [1.82, 2.24) is 10.2 Å². The molecule has 9 heavy (non-hydrogen) atoms. The number of nitrogens with zero attached hydrogens (tertiary/aromatic N) is 2. The number of nitrogens with two attached hydrogens (primary N) is 1. The summed E-state index contributed by atoms with van der Waals surface area (Å²) in [4.78, 5) is 10.0. The summed E-state index contributed by atoms with van der Waals surface area (Å²) in [5.74, 6) is 0. The molecule has 3 N–H and O–H groups in total. The van der Waals surface area contributed by atoms with Gasteiger partial charge in [-0.2, -0.15) is 0 Å². The van der Waals surface area contributed by atoms with Crippen LogP contribution in [0.2, 0.25) is 0 Å². The minimum absolute atomic E-state index is 0.00231. The summed E-state index contributed by atoms with van der Waals surface area (Å²) in [6, 6.07) is -0.721. The van der Waals surface area contributed by atoms with E-state index in [1.807, 2.05) is 0 Å². The average molecular weight is 128 g/mol. The normalized spacial score (nSPS) is 8.89. The summed E-state index contributed by atoms with van der Waals surface area (Å²) in [7, 11) is 0. The van der Waals surface area contributed by atoms with Crippen molar-refractivity contribution < 1.29 is 9.21 Å². The summed E-state index contributed by atoms with van der Waals surface area (Å²) in [6.07, 6.45) is 1.09. The molecule has 0 saturated carbocycles. The molecule has 1 aromatic heterocycles. The third-order valence-corrected chi connectivity index (χ3v) is 0.590. The standard InChI is InChI=1S/C3H4N4O2/c4-2(8)6-3-7-5-1-9-3/h1H,(H3,4,6,7,8). The predicted octanol–water partition coefficient (Wildman–Crippen LogP) is -0.440. The molecule has 1 rings (SSSR count). The molecular formula is C3H4N4O2. The van der Waals surface area contributed by atoms with Gasteiger partial charge in [0.2, 0.25) is 6.39 Å².